The average molecular weight is 621 g/mol. The van der Waals surface area contributed by atoms with Gasteiger partial charge in [0.15, 0.2) is 0 Å². The SMILES string of the molecule is C#Cc1cc(C(=O)NC(Cc2cc(F)cc(F)c2)C(O)CN(C)NS(=O)(=O)CC(C)C)cc(C(=O)N(CCC)CCC)c1. The Bertz CT molecular complexity index is 1390. The van der Waals surface area contributed by atoms with E-state index in [1.165, 1.54) is 30.3 Å². The number of amides is 2. The van der Waals surface area contributed by atoms with Crippen LogP contribution in [0.2, 0.25) is 0 Å². The minimum absolute atomic E-state index is 0.0559. The predicted octanol–water partition coefficient (Wildman–Crippen LogP) is 3.33. The van der Waals surface area contributed by atoms with Crippen molar-refractivity contribution in [3.05, 3.63) is 70.3 Å². The zero-order valence-corrected chi connectivity index (χ0v) is 26.2. The maximum absolute atomic E-state index is 14.0. The van der Waals surface area contributed by atoms with Crippen LogP contribution in [0.3, 0.4) is 0 Å². The van der Waals surface area contributed by atoms with Gasteiger partial charge in [0.05, 0.1) is 17.9 Å². The Kier molecular flexibility index (Phi) is 13.7. The van der Waals surface area contributed by atoms with E-state index in [4.69, 9.17) is 6.42 Å². The number of terminal acetylenes is 1. The number of carbonyl (C=O) groups is 2. The topological polar surface area (TPSA) is 119 Å². The van der Waals surface area contributed by atoms with Crippen molar-refractivity contribution in [2.24, 2.45) is 5.92 Å². The molecule has 0 aromatic heterocycles. The van der Waals surface area contributed by atoms with E-state index in [0.717, 1.165) is 25.0 Å². The molecule has 43 heavy (non-hydrogen) atoms. The molecule has 0 fully saturated rings. The molecule has 9 nitrogen and oxygen atoms in total. The molecule has 0 aliphatic rings. The van der Waals surface area contributed by atoms with Gasteiger partial charge in [-0.15, -0.1) is 11.3 Å². The lowest BCUT2D eigenvalue weighted by Crippen LogP contribution is -2.52. The molecule has 3 N–H and O–H groups in total. The number of carbonyl (C=O) groups excluding carboxylic acids is 2. The maximum Gasteiger partial charge on any atom is 0.253 e. The van der Waals surface area contributed by atoms with Gasteiger partial charge in [-0.3, -0.25) is 9.59 Å². The number of aliphatic hydroxyl groups excluding tert-OH is 1. The first kappa shape index (κ1) is 35.8. The molecule has 236 valence electrons. The summed E-state index contributed by atoms with van der Waals surface area (Å²) >= 11 is 0. The van der Waals surface area contributed by atoms with Crippen molar-refractivity contribution in [1.82, 2.24) is 20.1 Å². The van der Waals surface area contributed by atoms with Crippen LogP contribution in [0.4, 0.5) is 8.78 Å². The van der Waals surface area contributed by atoms with E-state index >= 15 is 0 Å². The number of sulfonamides is 1. The lowest BCUT2D eigenvalue weighted by Gasteiger charge is -2.28. The molecule has 0 saturated heterocycles. The number of rotatable bonds is 16. The van der Waals surface area contributed by atoms with Crippen molar-refractivity contribution in [1.29, 1.82) is 0 Å². The van der Waals surface area contributed by atoms with Crippen LogP contribution in [0.15, 0.2) is 36.4 Å². The molecule has 0 spiro atoms. The summed E-state index contributed by atoms with van der Waals surface area (Å²) in [6, 6.07) is 6.11. The van der Waals surface area contributed by atoms with Gasteiger partial charge in [-0.2, -0.15) is 0 Å². The minimum atomic E-state index is -3.70. The Hall–Kier alpha value is -3.37. The maximum atomic E-state index is 14.0. The van der Waals surface area contributed by atoms with Crippen molar-refractivity contribution in [2.75, 3.05) is 32.4 Å². The summed E-state index contributed by atoms with van der Waals surface area (Å²) in [6.07, 6.45) is 5.54. The van der Waals surface area contributed by atoms with Gasteiger partial charge in [0.2, 0.25) is 10.0 Å². The summed E-state index contributed by atoms with van der Waals surface area (Å²) in [6.45, 7) is 8.19. The molecule has 0 aliphatic carbocycles. The fraction of sp³-hybridized carbons (Fsp3) is 0.484. The van der Waals surface area contributed by atoms with Crippen LogP contribution in [0.5, 0.6) is 0 Å². The van der Waals surface area contributed by atoms with E-state index in [1.807, 2.05) is 13.8 Å². The van der Waals surface area contributed by atoms with Gasteiger partial charge < -0.3 is 15.3 Å². The van der Waals surface area contributed by atoms with Crippen LogP contribution in [-0.2, 0) is 16.4 Å². The van der Waals surface area contributed by atoms with Crippen LogP contribution in [0, 0.1) is 29.9 Å². The molecule has 2 unspecified atom stereocenters. The second-order valence-corrected chi connectivity index (χ2v) is 12.8. The fourth-order valence-corrected chi connectivity index (χ4v) is 6.18. The van der Waals surface area contributed by atoms with Crippen LogP contribution in [-0.4, -0.2) is 79.8 Å². The molecular formula is C31H42F2N4O5S. The number of likely N-dealkylation sites (N-methyl/N-ethyl adjacent to an activating group) is 1. The monoisotopic (exact) mass is 620 g/mol. The average Bonchev–Trinajstić information content (AvgIpc) is 2.90. The summed E-state index contributed by atoms with van der Waals surface area (Å²) in [5.74, 6) is -0.460. The first-order valence-electron chi connectivity index (χ1n) is 14.2. The minimum Gasteiger partial charge on any atom is -0.390 e. The van der Waals surface area contributed by atoms with Crippen LogP contribution >= 0.6 is 0 Å². The fourth-order valence-electron chi connectivity index (χ4n) is 4.68. The number of hydrazine groups is 1. The molecule has 2 aromatic carbocycles. The Morgan fingerprint density at radius 3 is 2.12 bits per heavy atom. The highest BCUT2D eigenvalue weighted by atomic mass is 32.2. The molecule has 2 rings (SSSR count). The predicted molar refractivity (Wildman–Crippen MR) is 163 cm³/mol. The molecule has 12 heteroatoms. The van der Waals surface area contributed by atoms with Gasteiger partial charge in [-0.25, -0.2) is 22.2 Å². The van der Waals surface area contributed by atoms with Gasteiger partial charge in [-0.05, 0) is 61.1 Å². The lowest BCUT2D eigenvalue weighted by atomic mass is 9.99. The van der Waals surface area contributed by atoms with Gasteiger partial charge in [-0.1, -0.05) is 33.6 Å². The van der Waals surface area contributed by atoms with Gasteiger partial charge in [0.25, 0.3) is 11.8 Å². The summed E-state index contributed by atoms with van der Waals surface area (Å²) in [4.78, 5) is 30.8. The molecule has 2 atom stereocenters. The number of hydrogen-bond acceptors (Lipinski definition) is 6. The molecule has 0 radical (unpaired) electrons. The number of benzene rings is 2. The highest BCUT2D eigenvalue weighted by Gasteiger charge is 2.27. The van der Waals surface area contributed by atoms with E-state index in [1.54, 1.807) is 18.7 Å². The Balaban J connectivity index is 2.39. The first-order valence-corrected chi connectivity index (χ1v) is 15.9. The first-order chi connectivity index (χ1) is 20.2. The molecule has 2 amide bonds. The normalized spacial score (nSPS) is 13.0. The summed E-state index contributed by atoms with van der Waals surface area (Å²) in [7, 11) is -2.29. The third-order valence-electron chi connectivity index (χ3n) is 6.35. The molecule has 0 saturated carbocycles. The summed E-state index contributed by atoms with van der Waals surface area (Å²) < 4.78 is 52.7. The van der Waals surface area contributed by atoms with Crippen LogP contribution in [0.25, 0.3) is 0 Å². The Labute approximate surface area is 253 Å². The lowest BCUT2D eigenvalue weighted by molar-refractivity contribution is 0.0687. The van der Waals surface area contributed by atoms with E-state index in [2.05, 4.69) is 16.1 Å². The number of halogens is 2. The number of hydrogen-bond donors (Lipinski definition) is 3. The molecular weight excluding hydrogens is 578 g/mol. The molecule has 0 heterocycles. The Morgan fingerprint density at radius 2 is 1.58 bits per heavy atom. The van der Waals surface area contributed by atoms with Crippen molar-refractivity contribution in [2.45, 2.75) is 59.1 Å². The molecule has 0 aliphatic heterocycles. The molecule has 0 bridgehead atoms. The molecule has 2 aromatic rings. The highest BCUT2D eigenvalue weighted by molar-refractivity contribution is 7.89. The van der Waals surface area contributed by atoms with E-state index in [9.17, 15) is 31.9 Å². The second kappa shape index (κ2) is 16.5. The third kappa shape index (κ3) is 11.7. The summed E-state index contributed by atoms with van der Waals surface area (Å²) in [5, 5.41) is 15.0. The number of aliphatic hydroxyl groups is 1. The largest absolute Gasteiger partial charge is 0.390 e. The van der Waals surface area contributed by atoms with E-state index in [-0.39, 0.29) is 47.2 Å². The van der Waals surface area contributed by atoms with Crippen LogP contribution < -0.4 is 10.1 Å². The van der Waals surface area contributed by atoms with Crippen molar-refractivity contribution < 1.29 is 31.9 Å². The quantitative estimate of drug-likeness (QED) is 0.196. The van der Waals surface area contributed by atoms with Gasteiger partial charge in [0.1, 0.15) is 11.6 Å². The van der Waals surface area contributed by atoms with Crippen LogP contribution in [0.1, 0.15) is 72.4 Å². The zero-order chi connectivity index (χ0) is 32.3. The zero-order valence-electron chi connectivity index (χ0n) is 25.4. The van der Waals surface area contributed by atoms with Crippen molar-refractivity contribution in [3.63, 3.8) is 0 Å². The number of nitrogens with zero attached hydrogens (tertiary/aromatic N) is 2. The van der Waals surface area contributed by atoms with Gasteiger partial charge >= 0.3 is 0 Å². The smallest absolute Gasteiger partial charge is 0.253 e. The Morgan fingerprint density at radius 1 is 1.00 bits per heavy atom. The van der Waals surface area contributed by atoms with E-state index < -0.39 is 39.7 Å². The summed E-state index contributed by atoms with van der Waals surface area (Å²) in [5.41, 5.74) is 0.742. The highest BCUT2D eigenvalue weighted by Crippen LogP contribution is 2.16. The van der Waals surface area contributed by atoms with Crippen molar-refractivity contribution in [3.8, 4) is 12.3 Å². The standard InChI is InChI=1S/C31H42F2N4O5S/c1-7-10-37(11-8-2)31(40)25-13-22(9-3)12-24(17-25)30(39)34-28(16-23-14-26(32)18-27(33)15-23)29(38)19-36(6)35-43(41,42)20-21(4)5/h3,12-15,17-18,21,28-29,35,38H,7-8,10-11,16,19-20H2,1-2,4-6H3,(H,34,39). The third-order valence-corrected chi connectivity index (χ3v) is 8.05. The van der Waals surface area contributed by atoms with Gasteiger partial charge in [0, 0.05) is 49.4 Å². The van der Waals surface area contributed by atoms with E-state index in [0.29, 0.717) is 24.7 Å². The van der Waals surface area contributed by atoms with Crippen molar-refractivity contribution >= 4 is 21.8 Å². The number of nitrogens with one attached hydrogen (secondary N) is 2. The second-order valence-electron chi connectivity index (χ2n) is 11.0.